The number of nitrogens with zero attached hydrogens (tertiary/aromatic N) is 1. The van der Waals surface area contributed by atoms with Gasteiger partial charge in [-0.15, -0.1) is 0 Å². The first kappa shape index (κ1) is 15.2. The molecule has 1 atom stereocenters. The van der Waals surface area contributed by atoms with Crippen LogP contribution in [0, 0.1) is 0 Å². The highest BCUT2D eigenvalue weighted by Gasteiger charge is 2.42. The second kappa shape index (κ2) is 5.34. The van der Waals surface area contributed by atoms with Gasteiger partial charge in [0.05, 0.1) is 0 Å². The van der Waals surface area contributed by atoms with Crippen LogP contribution in [0.25, 0.3) is 10.8 Å². The molecule has 4 rings (SSSR count). The topological polar surface area (TPSA) is 101 Å². The van der Waals surface area contributed by atoms with Crippen molar-refractivity contribution in [1.82, 2.24) is 10.2 Å². The van der Waals surface area contributed by atoms with E-state index in [4.69, 9.17) is 0 Å². The van der Waals surface area contributed by atoms with Crippen LogP contribution in [0.4, 0.5) is 0 Å². The van der Waals surface area contributed by atoms with Crippen molar-refractivity contribution >= 4 is 40.7 Å². The van der Waals surface area contributed by atoms with Crippen molar-refractivity contribution in [3.63, 3.8) is 0 Å². The molecule has 0 spiro atoms. The quantitative estimate of drug-likeness (QED) is 0.653. The first-order chi connectivity index (χ1) is 12.0. The normalized spacial score (nSPS) is 20.0. The first-order valence-corrected chi connectivity index (χ1v) is 7.75. The lowest BCUT2D eigenvalue weighted by molar-refractivity contribution is -0.136. The predicted molar refractivity (Wildman–Crippen MR) is 86.0 cm³/mol. The smallest absolute Gasteiger partial charge is 0.262 e. The second-order valence-corrected chi connectivity index (χ2v) is 6.00. The zero-order chi connectivity index (χ0) is 17.7. The number of hydrogen-bond donors (Lipinski definition) is 1. The van der Waals surface area contributed by atoms with Crippen molar-refractivity contribution in [1.29, 1.82) is 0 Å². The van der Waals surface area contributed by atoms with Crippen molar-refractivity contribution in [2.75, 3.05) is 0 Å². The van der Waals surface area contributed by atoms with Gasteiger partial charge in [-0.25, -0.2) is 0 Å². The third-order valence-corrected chi connectivity index (χ3v) is 4.62. The SMILES string of the molecule is O=Cc1ccc2c3c(cccc13)C(=O)N(C1CCC(=O)NC1=O)C2=O. The highest BCUT2D eigenvalue weighted by Crippen LogP contribution is 2.33. The standard InChI is InChI=1S/C18H12N2O5/c21-8-9-4-5-12-15-10(9)2-1-3-11(15)17(24)20(18(12)25)13-6-7-14(22)19-16(13)23/h1-5,8,13H,6-7H2,(H,19,22,23). The Labute approximate surface area is 141 Å². The van der Waals surface area contributed by atoms with Crippen LogP contribution in [-0.2, 0) is 9.59 Å². The summed E-state index contributed by atoms with van der Waals surface area (Å²) < 4.78 is 0. The molecular formula is C18H12N2O5. The minimum atomic E-state index is -1.02. The molecule has 7 heteroatoms. The van der Waals surface area contributed by atoms with Gasteiger partial charge in [-0.3, -0.25) is 34.2 Å². The Morgan fingerprint density at radius 1 is 1.00 bits per heavy atom. The van der Waals surface area contributed by atoms with E-state index in [1.807, 2.05) is 0 Å². The van der Waals surface area contributed by atoms with Crippen molar-refractivity contribution in [3.05, 3.63) is 47.0 Å². The summed E-state index contributed by atoms with van der Waals surface area (Å²) in [5.41, 5.74) is 0.914. The number of carbonyl (C=O) groups excluding carboxylic acids is 5. The van der Waals surface area contributed by atoms with Gasteiger partial charge in [0.1, 0.15) is 6.04 Å². The number of rotatable bonds is 2. The zero-order valence-electron chi connectivity index (χ0n) is 12.9. The molecule has 7 nitrogen and oxygen atoms in total. The number of piperidine rings is 1. The summed E-state index contributed by atoms with van der Waals surface area (Å²) in [5.74, 6) is -2.27. The van der Waals surface area contributed by atoms with Gasteiger partial charge in [-0.1, -0.05) is 18.2 Å². The van der Waals surface area contributed by atoms with E-state index < -0.39 is 29.7 Å². The average molecular weight is 336 g/mol. The highest BCUT2D eigenvalue weighted by atomic mass is 16.2. The summed E-state index contributed by atoms with van der Waals surface area (Å²) >= 11 is 0. The van der Waals surface area contributed by atoms with E-state index in [1.165, 1.54) is 12.1 Å². The Bertz CT molecular complexity index is 972. The molecule has 124 valence electrons. The van der Waals surface area contributed by atoms with E-state index in [9.17, 15) is 24.0 Å². The maximum absolute atomic E-state index is 12.9. The summed E-state index contributed by atoms with van der Waals surface area (Å²) in [6.07, 6.45) is 0.832. The number of aldehydes is 1. The van der Waals surface area contributed by atoms with Crippen LogP contribution in [0.1, 0.15) is 43.9 Å². The molecule has 0 aliphatic carbocycles. The van der Waals surface area contributed by atoms with Crippen molar-refractivity contribution < 1.29 is 24.0 Å². The van der Waals surface area contributed by atoms with Crippen molar-refractivity contribution in [2.45, 2.75) is 18.9 Å². The third kappa shape index (κ3) is 2.09. The van der Waals surface area contributed by atoms with Crippen LogP contribution >= 0.6 is 0 Å². The summed E-state index contributed by atoms with van der Waals surface area (Å²) in [7, 11) is 0. The molecule has 0 radical (unpaired) electrons. The molecule has 1 unspecified atom stereocenters. The molecule has 0 bridgehead atoms. The van der Waals surface area contributed by atoms with Gasteiger partial charge in [-0.05, 0) is 23.9 Å². The molecule has 2 aromatic carbocycles. The number of nitrogens with one attached hydrogen (secondary N) is 1. The average Bonchev–Trinajstić information content (AvgIpc) is 2.61. The van der Waals surface area contributed by atoms with Crippen molar-refractivity contribution in [3.8, 4) is 0 Å². The first-order valence-electron chi connectivity index (χ1n) is 7.75. The van der Waals surface area contributed by atoms with Crippen LogP contribution in [0.15, 0.2) is 30.3 Å². The van der Waals surface area contributed by atoms with Gasteiger partial charge in [0, 0.05) is 28.5 Å². The number of carbonyl (C=O) groups is 5. The van der Waals surface area contributed by atoms with Crippen molar-refractivity contribution in [2.24, 2.45) is 0 Å². The number of amides is 4. The maximum atomic E-state index is 12.9. The fraction of sp³-hybridized carbons (Fsp3) is 0.167. The molecule has 2 aliphatic heterocycles. The Hall–Kier alpha value is -3.35. The second-order valence-electron chi connectivity index (χ2n) is 6.00. The van der Waals surface area contributed by atoms with E-state index >= 15 is 0 Å². The minimum Gasteiger partial charge on any atom is -0.298 e. The fourth-order valence-corrected chi connectivity index (χ4v) is 3.45. The molecule has 1 N–H and O–H groups in total. The van der Waals surface area contributed by atoms with Crippen LogP contribution < -0.4 is 5.32 Å². The van der Waals surface area contributed by atoms with Gasteiger partial charge >= 0.3 is 0 Å². The molecule has 1 fully saturated rings. The Morgan fingerprint density at radius 2 is 1.72 bits per heavy atom. The van der Waals surface area contributed by atoms with E-state index in [1.54, 1.807) is 18.2 Å². The van der Waals surface area contributed by atoms with E-state index in [-0.39, 0.29) is 24.0 Å². The summed E-state index contributed by atoms with van der Waals surface area (Å²) in [4.78, 5) is 61.4. The lowest BCUT2D eigenvalue weighted by Gasteiger charge is -2.34. The third-order valence-electron chi connectivity index (χ3n) is 4.62. The largest absolute Gasteiger partial charge is 0.298 e. The molecule has 4 amide bonds. The van der Waals surface area contributed by atoms with Gasteiger partial charge in [0.15, 0.2) is 6.29 Å². The summed E-state index contributed by atoms with van der Waals surface area (Å²) in [5, 5.41) is 3.11. The maximum Gasteiger partial charge on any atom is 0.262 e. The van der Waals surface area contributed by atoms with Crippen LogP contribution in [0.2, 0.25) is 0 Å². The number of benzene rings is 2. The molecule has 0 saturated carbocycles. The molecule has 0 aromatic heterocycles. The molecule has 25 heavy (non-hydrogen) atoms. The zero-order valence-corrected chi connectivity index (χ0v) is 12.9. The van der Waals surface area contributed by atoms with Crippen LogP contribution in [0.3, 0.4) is 0 Å². The summed E-state index contributed by atoms with van der Waals surface area (Å²) in [6.45, 7) is 0. The Balaban J connectivity index is 1.89. The highest BCUT2D eigenvalue weighted by molar-refractivity contribution is 6.28. The number of hydrogen-bond acceptors (Lipinski definition) is 5. The monoisotopic (exact) mass is 336 g/mol. The number of imide groups is 2. The lowest BCUT2D eigenvalue weighted by Crippen LogP contribution is -2.57. The lowest BCUT2D eigenvalue weighted by atomic mass is 9.90. The molecular weight excluding hydrogens is 324 g/mol. The Morgan fingerprint density at radius 3 is 2.40 bits per heavy atom. The fourth-order valence-electron chi connectivity index (χ4n) is 3.45. The minimum absolute atomic E-state index is 0.0641. The van der Waals surface area contributed by atoms with Crippen LogP contribution in [0.5, 0.6) is 0 Å². The van der Waals surface area contributed by atoms with Gasteiger partial charge < -0.3 is 0 Å². The van der Waals surface area contributed by atoms with Gasteiger partial charge in [-0.2, -0.15) is 0 Å². The van der Waals surface area contributed by atoms with Crippen LogP contribution in [-0.4, -0.2) is 40.9 Å². The molecule has 2 heterocycles. The van der Waals surface area contributed by atoms with E-state index in [2.05, 4.69) is 5.32 Å². The van der Waals surface area contributed by atoms with Gasteiger partial charge in [0.2, 0.25) is 11.8 Å². The Kier molecular flexibility index (Phi) is 3.24. The molecule has 2 aromatic rings. The predicted octanol–water partition coefficient (Wildman–Crippen LogP) is 1.05. The molecule has 1 saturated heterocycles. The summed E-state index contributed by atoms with van der Waals surface area (Å²) in [6, 6.07) is 6.85. The van der Waals surface area contributed by atoms with E-state index in [0.29, 0.717) is 22.6 Å². The van der Waals surface area contributed by atoms with E-state index in [0.717, 1.165) is 4.90 Å². The molecule has 2 aliphatic rings. The van der Waals surface area contributed by atoms with Gasteiger partial charge in [0.25, 0.3) is 11.8 Å².